The molecule has 0 unspecified atom stereocenters. The second kappa shape index (κ2) is 6.94. The van der Waals surface area contributed by atoms with Gasteiger partial charge >= 0.3 is 0 Å². The summed E-state index contributed by atoms with van der Waals surface area (Å²) in [6.45, 7) is 3.80. The molecule has 0 saturated carbocycles. The van der Waals surface area contributed by atoms with Crippen LogP contribution in [0.15, 0.2) is 48.5 Å². The van der Waals surface area contributed by atoms with Crippen LogP contribution < -0.4 is 9.46 Å². The summed E-state index contributed by atoms with van der Waals surface area (Å²) >= 11 is 0. The summed E-state index contributed by atoms with van der Waals surface area (Å²) in [6.07, 6.45) is 0. The molecule has 1 N–H and O–H groups in total. The number of methoxy groups -OCH3 is 1. The summed E-state index contributed by atoms with van der Waals surface area (Å²) in [7, 11) is -1.79. The first-order valence-electron chi connectivity index (χ1n) is 7.09. The van der Waals surface area contributed by atoms with E-state index < -0.39 is 10.0 Å². The topological polar surface area (TPSA) is 55.4 Å². The smallest absolute Gasteiger partial charge is 0.216 e. The fourth-order valence-corrected chi connectivity index (χ4v) is 3.56. The minimum atomic E-state index is -3.39. The van der Waals surface area contributed by atoms with E-state index in [0.717, 1.165) is 22.4 Å². The SMILES string of the molecule is COc1ccc([C@H](C)NS(=O)(=O)Cc2ccc(C)cc2)cc1. The molecule has 0 heterocycles. The highest BCUT2D eigenvalue weighted by molar-refractivity contribution is 7.88. The van der Waals surface area contributed by atoms with Crippen LogP contribution in [-0.4, -0.2) is 15.5 Å². The molecule has 0 fully saturated rings. The Balaban J connectivity index is 2.05. The molecule has 0 bridgehead atoms. The van der Waals surface area contributed by atoms with Gasteiger partial charge in [-0.25, -0.2) is 13.1 Å². The predicted molar refractivity (Wildman–Crippen MR) is 88.3 cm³/mol. The van der Waals surface area contributed by atoms with Gasteiger partial charge in [-0.05, 0) is 37.1 Å². The van der Waals surface area contributed by atoms with Gasteiger partial charge in [0.2, 0.25) is 10.0 Å². The van der Waals surface area contributed by atoms with Crippen LogP contribution in [-0.2, 0) is 15.8 Å². The van der Waals surface area contributed by atoms with Crippen LogP contribution in [0.25, 0.3) is 0 Å². The largest absolute Gasteiger partial charge is 0.497 e. The van der Waals surface area contributed by atoms with Gasteiger partial charge in [0.05, 0.1) is 12.9 Å². The van der Waals surface area contributed by atoms with Crippen LogP contribution >= 0.6 is 0 Å². The van der Waals surface area contributed by atoms with Gasteiger partial charge in [0.15, 0.2) is 0 Å². The van der Waals surface area contributed by atoms with Crippen LogP contribution in [0.1, 0.15) is 29.7 Å². The quantitative estimate of drug-likeness (QED) is 0.889. The number of aryl methyl sites for hydroxylation is 1. The Labute approximate surface area is 132 Å². The van der Waals surface area contributed by atoms with Crippen molar-refractivity contribution in [3.63, 3.8) is 0 Å². The van der Waals surface area contributed by atoms with E-state index in [2.05, 4.69) is 4.72 Å². The van der Waals surface area contributed by atoms with Gasteiger partial charge in [-0.1, -0.05) is 42.0 Å². The Bertz CT molecular complexity index is 707. The highest BCUT2D eigenvalue weighted by Crippen LogP contribution is 2.18. The summed E-state index contributed by atoms with van der Waals surface area (Å²) in [6, 6.07) is 14.6. The molecule has 118 valence electrons. The van der Waals surface area contributed by atoms with Crippen molar-refractivity contribution in [2.24, 2.45) is 0 Å². The lowest BCUT2D eigenvalue weighted by Crippen LogP contribution is -2.28. The van der Waals surface area contributed by atoms with E-state index in [-0.39, 0.29) is 11.8 Å². The first kappa shape index (κ1) is 16.5. The average molecular weight is 319 g/mol. The fraction of sp³-hybridized carbons (Fsp3) is 0.294. The van der Waals surface area contributed by atoms with Crippen LogP contribution in [0.5, 0.6) is 5.75 Å². The molecule has 0 radical (unpaired) electrons. The first-order valence-corrected chi connectivity index (χ1v) is 8.74. The zero-order valence-corrected chi connectivity index (χ0v) is 13.9. The molecule has 22 heavy (non-hydrogen) atoms. The van der Waals surface area contributed by atoms with Gasteiger partial charge in [0, 0.05) is 6.04 Å². The summed E-state index contributed by atoms with van der Waals surface area (Å²) < 4.78 is 32.3. The minimum absolute atomic E-state index is 0.0201. The lowest BCUT2D eigenvalue weighted by Gasteiger charge is -2.15. The molecule has 0 aliphatic rings. The van der Waals surface area contributed by atoms with Gasteiger partial charge in [-0.3, -0.25) is 0 Å². The van der Waals surface area contributed by atoms with E-state index in [1.54, 1.807) is 7.11 Å². The average Bonchev–Trinajstić information content (AvgIpc) is 2.49. The molecule has 2 rings (SSSR count). The van der Waals surface area contributed by atoms with Gasteiger partial charge in [-0.2, -0.15) is 0 Å². The highest BCUT2D eigenvalue weighted by Gasteiger charge is 2.16. The van der Waals surface area contributed by atoms with Gasteiger partial charge in [0.25, 0.3) is 0 Å². The third-order valence-corrected chi connectivity index (χ3v) is 4.88. The minimum Gasteiger partial charge on any atom is -0.497 e. The third-order valence-electron chi connectivity index (χ3n) is 3.45. The normalized spacial score (nSPS) is 12.9. The summed E-state index contributed by atoms with van der Waals surface area (Å²) in [5, 5.41) is 0. The Hall–Kier alpha value is -1.85. The van der Waals surface area contributed by atoms with Crippen molar-refractivity contribution >= 4 is 10.0 Å². The Morgan fingerprint density at radius 3 is 2.18 bits per heavy atom. The highest BCUT2D eigenvalue weighted by atomic mass is 32.2. The number of sulfonamides is 1. The van der Waals surface area contributed by atoms with E-state index in [1.165, 1.54) is 0 Å². The third kappa shape index (κ3) is 4.58. The molecule has 0 saturated heterocycles. The van der Waals surface area contributed by atoms with Crippen molar-refractivity contribution in [1.29, 1.82) is 0 Å². The molecule has 0 amide bonds. The maximum absolute atomic E-state index is 12.3. The zero-order valence-electron chi connectivity index (χ0n) is 13.0. The molecule has 1 atom stereocenters. The first-order chi connectivity index (χ1) is 10.4. The number of hydrogen-bond acceptors (Lipinski definition) is 3. The van der Waals surface area contributed by atoms with Crippen molar-refractivity contribution in [3.8, 4) is 5.75 Å². The molecule has 0 aliphatic heterocycles. The molecular weight excluding hydrogens is 298 g/mol. The van der Waals surface area contributed by atoms with Gasteiger partial charge in [0.1, 0.15) is 5.75 Å². The molecule has 0 aliphatic carbocycles. The molecule has 4 nitrogen and oxygen atoms in total. The van der Waals surface area contributed by atoms with Crippen molar-refractivity contribution in [2.75, 3.05) is 7.11 Å². The van der Waals surface area contributed by atoms with Crippen molar-refractivity contribution < 1.29 is 13.2 Å². The maximum Gasteiger partial charge on any atom is 0.216 e. The molecule has 2 aromatic rings. The van der Waals surface area contributed by atoms with E-state index >= 15 is 0 Å². The number of benzene rings is 2. The number of ether oxygens (including phenoxy) is 1. The molecule has 0 spiro atoms. The zero-order chi connectivity index (χ0) is 16.2. The van der Waals surface area contributed by atoms with Crippen LogP contribution in [0.2, 0.25) is 0 Å². The summed E-state index contributed by atoms with van der Waals surface area (Å²) in [5.41, 5.74) is 2.79. The lowest BCUT2D eigenvalue weighted by atomic mass is 10.1. The molecule has 0 aromatic heterocycles. The second-order valence-electron chi connectivity index (χ2n) is 5.36. The van der Waals surface area contributed by atoms with Gasteiger partial charge in [-0.15, -0.1) is 0 Å². The van der Waals surface area contributed by atoms with E-state index in [1.807, 2.05) is 62.4 Å². The van der Waals surface area contributed by atoms with Crippen LogP contribution in [0, 0.1) is 6.92 Å². The Morgan fingerprint density at radius 1 is 1.05 bits per heavy atom. The number of hydrogen-bond donors (Lipinski definition) is 1. The lowest BCUT2D eigenvalue weighted by molar-refractivity contribution is 0.414. The van der Waals surface area contributed by atoms with Crippen molar-refractivity contribution in [2.45, 2.75) is 25.6 Å². The monoisotopic (exact) mass is 319 g/mol. The summed E-state index contributed by atoms with van der Waals surface area (Å²) in [4.78, 5) is 0. The van der Waals surface area contributed by atoms with Crippen LogP contribution in [0.3, 0.4) is 0 Å². The number of nitrogens with one attached hydrogen (secondary N) is 1. The maximum atomic E-state index is 12.3. The van der Waals surface area contributed by atoms with Gasteiger partial charge < -0.3 is 4.74 Å². The standard InChI is InChI=1S/C17H21NO3S/c1-13-4-6-15(7-5-13)12-22(19,20)18-14(2)16-8-10-17(21-3)11-9-16/h4-11,14,18H,12H2,1-3H3/t14-/m0/s1. The van der Waals surface area contributed by atoms with E-state index in [9.17, 15) is 8.42 Å². The van der Waals surface area contributed by atoms with Crippen LogP contribution in [0.4, 0.5) is 0 Å². The van der Waals surface area contributed by atoms with E-state index in [0.29, 0.717) is 0 Å². The van der Waals surface area contributed by atoms with Crippen molar-refractivity contribution in [3.05, 3.63) is 65.2 Å². The van der Waals surface area contributed by atoms with Crippen molar-refractivity contribution in [1.82, 2.24) is 4.72 Å². The predicted octanol–water partition coefficient (Wildman–Crippen LogP) is 3.18. The molecular formula is C17H21NO3S. The molecule has 5 heteroatoms. The second-order valence-corrected chi connectivity index (χ2v) is 7.11. The summed E-state index contributed by atoms with van der Waals surface area (Å²) in [5.74, 6) is 0.729. The molecule has 2 aromatic carbocycles. The number of rotatable bonds is 6. The fourth-order valence-electron chi connectivity index (χ4n) is 2.18. The van der Waals surface area contributed by atoms with E-state index in [4.69, 9.17) is 4.74 Å². The Kier molecular flexibility index (Phi) is 5.21. The Morgan fingerprint density at radius 2 is 1.64 bits per heavy atom.